The number of methoxy groups -OCH3 is 1. The Hall–Kier alpha value is -0.920. The van der Waals surface area contributed by atoms with Crippen molar-refractivity contribution in [2.24, 2.45) is 0 Å². The zero-order valence-corrected chi connectivity index (χ0v) is 12.3. The van der Waals surface area contributed by atoms with Gasteiger partial charge in [-0.2, -0.15) is 0 Å². The van der Waals surface area contributed by atoms with E-state index >= 15 is 0 Å². The molecule has 98 valence electrons. The van der Waals surface area contributed by atoms with Crippen LogP contribution in [0, 0.1) is 0 Å². The standard InChI is InChI=1S/C8H4BrFN2OS.C3H8O/c9-5-1-2-7-6(3-5)11-8(4-13)12(7)14-10;1-3-4-2/h1-4H;3H2,1-2H3. The number of aldehydes is 1. The van der Waals surface area contributed by atoms with Gasteiger partial charge in [-0.1, -0.05) is 15.9 Å². The number of aromatic nitrogens is 2. The Kier molecular flexibility index (Phi) is 6.31. The van der Waals surface area contributed by atoms with Crippen molar-refractivity contribution in [2.45, 2.75) is 6.92 Å². The van der Waals surface area contributed by atoms with Crippen LogP contribution in [0.5, 0.6) is 0 Å². The van der Waals surface area contributed by atoms with Gasteiger partial charge in [0.25, 0.3) is 0 Å². The zero-order chi connectivity index (χ0) is 13.5. The molecule has 0 bridgehead atoms. The van der Waals surface area contributed by atoms with E-state index in [9.17, 15) is 8.68 Å². The minimum Gasteiger partial charge on any atom is -0.385 e. The molecular weight excluding hydrogens is 323 g/mol. The summed E-state index contributed by atoms with van der Waals surface area (Å²) in [7, 11) is 1.68. The summed E-state index contributed by atoms with van der Waals surface area (Å²) in [5.74, 6) is 0.0746. The number of nitrogens with zero attached hydrogens (tertiary/aromatic N) is 2. The minimum atomic E-state index is -0.0304. The predicted octanol–water partition coefficient (Wildman–Crippen LogP) is 3.64. The van der Waals surface area contributed by atoms with E-state index in [2.05, 4.69) is 25.7 Å². The fourth-order valence-electron chi connectivity index (χ4n) is 1.20. The highest BCUT2D eigenvalue weighted by Crippen LogP contribution is 2.24. The molecule has 0 fully saturated rings. The van der Waals surface area contributed by atoms with E-state index < -0.39 is 0 Å². The normalized spacial score (nSPS) is 10.0. The quantitative estimate of drug-likeness (QED) is 0.803. The van der Waals surface area contributed by atoms with Crippen LogP contribution in [0.3, 0.4) is 0 Å². The Bertz CT molecular complexity index is 531. The third-order valence-corrected chi connectivity index (χ3v) is 3.08. The third-order valence-electron chi connectivity index (χ3n) is 2.06. The minimum absolute atomic E-state index is 0.0304. The number of hydrogen-bond donors (Lipinski definition) is 0. The van der Waals surface area contributed by atoms with Crippen LogP contribution in [0.25, 0.3) is 11.0 Å². The lowest BCUT2D eigenvalue weighted by molar-refractivity contribution is 0.111. The van der Waals surface area contributed by atoms with Crippen molar-refractivity contribution >= 4 is 45.6 Å². The highest BCUT2D eigenvalue weighted by molar-refractivity contribution is 9.10. The second-order valence-corrected chi connectivity index (χ2v) is 4.58. The van der Waals surface area contributed by atoms with Crippen LogP contribution in [0.15, 0.2) is 22.7 Å². The van der Waals surface area contributed by atoms with E-state index in [0.29, 0.717) is 17.3 Å². The van der Waals surface area contributed by atoms with Gasteiger partial charge in [0.2, 0.25) is 0 Å². The smallest absolute Gasteiger partial charge is 0.186 e. The fraction of sp³-hybridized carbons (Fsp3) is 0.273. The first-order valence-electron chi connectivity index (χ1n) is 5.09. The number of imidazole rings is 1. The lowest BCUT2D eigenvalue weighted by Gasteiger charge is -1.95. The summed E-state index contributed by atoms with van der Waals surface area (Å²) in [5, 5.41) is 0. The number of fused-ring (bicyclic) bond motifs is 1. The lowest BCUT2D eigenvalue weighted by Crippen LogP contribution is -1.91. The van der Waals surface area contributed by atoms with Crippen LogP contribution in [0.1, 0.15) is 17.5 Å². The second kappa shape index (κ2) is 7.50. The van der Waals surface area contributed by atoms with Gasteiger partial charge in [0, 0.05) is 18.2 Å². The second-order valence-electron chi connectivity index (χ2n) is 3.16. The summed E-state index contributed by atoms with van der Waals surface area (Å²) in [5.41, 5.74) is 1.18. The summed E-state index contributed by atoms with van der Waals surface area (Å²) < 4.78 is 19.0. The van der Waals surface area contributed by atoms with Crippen LogP contribution in [-0.4, -0.2) is 29.0 Å². The molecule has 0 radical (unpaired) electrons. The van der Waals surface area contributed by atoms with Crippen LogP contribution in [0.4, 0.5) is 3.89 Å². The Morgan fingerprint density at radius 3 is 2.78 bits per heavy atom. The number of halogens is 2. The molecule has 0 saturated carbocycles. The summed E-state index contributed by atoms with van der Waals surface area (Å²) in [6.45, 7) is 2.78. The first-order chi connectivity index (χ1) is 8.67. The average Bonchev–Trinajstić information content (AvgIpc) is 2.75. The number of carbonyl (C=O) groups is 1. The van der Waals surface area contributed by atoms with Crippen molar-refractivity contribution < 1.29 is 13.4 Å². The Morgan fingerprint density at radius 2 is 2.28 bits per heavy atom. The van der Waals surface area contributed by atoms with Gasteiger partial charge < -0.3 is 4.74 Å². The molecule has 0 aliphatic heterocycles. The largest absolute Gasteiger partial charge is 0.385 e. The van der Waals surface area contributed by atoms with Crippen molar-refractivity contribution in [1.82, 2.24) is 8.96 Å². The fourth-order valence-corrected chi connectivity index (χ4v) is 1.93. The molecule has 18 heavy (non-hydrogen) atoms. The molecule has 2 rings (SSSR count). The molecule has 0 aliphatic rings. The molecule has 4 nitrogen and oxygen atoms in total. The molecule has 2 aromatic rings. The molecule has 0 aliphatic carbocycles. The van der Waals surface area contributed by atoms with Crippen molar-refractivity contribution in [3.05, 3.63) is 28.5 Å². The molecule has 0 amide bonds. The van der Waals surface area contributed by atoms with E-state index in [1.165, 1.54) is 0 Å². The van der Waals surface area contributed by atoms with E-state index in [-0.39, 0.29) is 18.2 Å². The van der Waals surface area contributed by atoms with Gasteiger partial charge in [-0.05, 0) is 25.1 Å². The van der Waals surface area contributed by atoms with Crippen LogP contribution >= 0.6 is 28.3 Å². The zero-order valence-electron chi connectivity index (χ0n) is 9.89. The van der Waals surface area contributed by atoms with Gasteiger partial charge in [0.1, 0.15) is 0 Å². The third kappa shape index (κ3) is 3.54. The van der Waals surface area contributed by atoms with Crippen LogP contribution in [-0.2, 0) is 4.74 Å². The van der Waals surface area contributed by atoms with Crippen molar-refractivity contribution in [1.29, 1.82) is 0 Å². The maximum atomic E-state index is 12.5. The first kappa shape index (κ1) is 15.1. The van der Waals surface area contributed by atoms with E-state index in [1.807, 2.05) is 6.92 Å². The van der Waals surface area contributed by atoms with Crippen LogP contribution in [0.2, 0.25) is 0 Å². The molecule has 1 aromatic heterocycles. The van der Waals surface area contributed by atoms with Crippen molar-refractivity contribution in [2.75, 3.05) is 13.7 Å². The number of benzene rings is 1. The Morgan fingerprint density at radius 1 is 1.61 bits per heavy atom. The Labute approximate surface area is 117 Å². The van der Waals surface area contributed by atoms with Crippen molar-refractivity contribution in [3.8, 4) is 0 Å². The SMILES string of the molecule is CCOC.O=Cc1nc2cc(Br)ccc2n1SF. The highest BCUT2D eigenvalue weighted by Gasteiger charge is 2.10. The van der Waals surface area contributed by atoms with Gasteiger partial charge in [0.05, 0.1) is 11.0 Å². The lowest BCUT2D eigenvalue weighted by atomic mass is 10.3. The number of carbonyl (C=O) groups excluding carboxylic acids is 1. The molecule has 0 N–H and O–H groups in total. The number of ether oxygens (including phenoxy) is 1. The van der Waals surface area contributed by atoms with Gasteiger partial charge in [0.15, 0.2) is 24.4 Å². The highest BCUT2D eigenvalue weighted by atomic mass is 79.9. The maximum Gasteiger partial charge on any atom is 0.186 e. The van der Waals surface area contributed by atoms with Gasteiger partial charge in [-0.25, -0.2) is 8.96 Å². The molecule has 1 heterocycles. The van der Waals surface area contributed by atoms with Crippen LogP contribution < -0.4 is 0 Å². The van der Waals surface area contributed by atoms with Gasteiger partial charge >= 0.3 is 0 Å². The molecular formula is C11H12BrFN2O2S. The van der Waals surface area contributed by atoms with E-state index in [0.717, 1.165) is 15.1 Å². The summed E-state index contributed by atoms with van der Waals surface area (Å²) >= 11 is 3.24. The molecule has 1 aromatic carbocycles. The molecule has 0 saturated heterocycles. The summed E-state index contributed by atoms with van der Waals surface area (Å²) in [6, 6.07) is 5.20. The summed E-state index contributed by atoms with van der Waals surface area (Å²) in [6.07, 6.45) is 0.528. The van der Waals surface area contributed by atoms with Gasteiger partial charge in [-0.3, -0.25) is 4.79 Å². The molecule has 0 atom stereocenters. The monoisotopic (exact) mass is 334 g/mol. The maximum absolute atomic E-state index is 12.5. The molecule has 0 unspecified atom stereocenters. The first-order valence-corrected chi connectivity index (χ1v) is 6.55. The van der Waals surface area contributed by atoms with Crippen molar-refractivity contribution in [3.63, 3.8) is 0 Å². The molecule has 0 spiro atoms. The average molecular weight is 335 g/mol. The Balaban J connectivity index is 0.000000357. The van der Waals surface area contributed by atoms with E-state index in [4.69, 9.17) is 0 Å². The number of rotatable bonds is 3. The molecule has 7 heteroatoms. The number of hydrogen-bond acceptors (Lipinski definition) is 4. The summed E-state index contributed by atoms with van der Waals surface area (Å²) in [4.78, 5) is 14.5. The topological polar surface area (TPSA) is 44.1 Å². The van der Waals surface area contributed by atoms with Gasteiger partial charge in [-0.15, -0.1) is 3.89 Å². The predicted molar refractivity (Wildman–Crippen MR) is 74.5 cm³/mol. The van der Waals surface area contributed by atoms with E-state index in [1.54, 1.807) is 25.3 Å².